The Bertz CT molecular complexity index is 895. The second kappa shape index (κ2) is 11.6. The van der Waals surface area contributed by atoms with Gasteiger partial charge in [0.05, 0.1) is 20.1 Å². The number of carboxylic acids is 1. The number of benzene rings is 1. The summed E-state index contributed by atoms with van der Waals surface area (Å²) in [6, 6.07) is 6.48. The number of hydrogen-bond donors (Lipinski definition) is 2. The largest absolute Gasteiger partial charge is 0.493 e. The average molecular weight is 475 g/mol. The van der Waals surface area contributed by atoms with Gasteiger partial charge in [-0.3, -0.25) is 4.79 Å². The number of fused-ring (bicyclic) bond motifs is 1. The van der Waals surface area contributed by atoms with E-state index in [0.717, 1.165) is 68.7 Å². The highest BCUT2D eigenvalue weighted by atomic mass is 16.6. The molecule has 1 saturated carbocycles. The van der Waals surface area contributed by atoms with Gasteiger partial charge in [0.2, 0.25) is 0 Å². The van der Waals surface area contributed by atoms with E-state index < -0.39 is 12.1 Å². The number of nitrogens with zero attached hydrogens (tertiary/aromatic N) is 1. The average Bonchev–Trinajstić information content (AvgIpc) is 3.21. The molecule has 188 valence electrons. The molecule has 1 amide bonds. The third-order valence-corrected chi connectivity index (χ3v) is 7.51. The molecule has 0 bridgehead atoms. The van der Waals surface area contributed by atoms with Crippen LogP contribution in [0.15, 0.2) is 30.0 Å². The molecule has 1 heterocycles. The molecule has 4 rings (SSSR count). The number of likely N-dealkylation sites (N-methyl/N-ethyl adjacent to an activating group) is 1. The van der Waals surface area contributed by atoms with E-state index in [2.05, 4.69) is 35.5 Å². The number of aliphatic carboxylic acids is 1. The molecule has 0 aromatic heterocycles. The predicted molar refractivity (Wildman–Crippen MR) is 129 cm³/mol. The van der Waals surface area contributed by atoms with Gasteiger partial charge in [-0.15, -0.1) is 0 Å². The van der Waals surface area contributed by atoms with Crippen molar-refractivity contribution >= 4 is 12.1 Å². The molecule has 2 fully saturated rings. The van der Waals surface area contributed by atoms with Crippen molar-refractivity contribution in [3.05, 3.63) is 35.6 Å². The molecule has 1 saturated heterocycles. The minimum absolute atomic E-state index is 0.00382. The summed E-state index contributed by atoms with van der Waals surface area (Å²) in [5, 5.41) is 11.0. The third kappa shape index (κ3) is 5.66. The highest BCUT2D eigenvalue weighted by molar-refractivity contribution is 5.70. The second-order valence-corrected chi connectivity index (χ2v) is 9.36. The zero-order valence-electron chi connectivity index (χ0n) is 20.8. The van der Waals surface area contributed by atoms with Crippen molar-refractivity contribution < 1.29 is 28.9 Å². The van der Waals surface area contributed by atoms with Crippen molar-refractivity contribution in [2.24, 2.45) is 5.92 Å². The Kier molecular flexibility index (Phi) is 8.83. The number of nitrogens with one attached hydrogen (secondary N) is 1. The number of likely N-dealkylation sites (tertiary alicyclic amines) is 1. The molecular weight excluding hydrogens is 436 g/mol. The molecule has 2 N–H and O–H groups in total. The van der Waals surface area contributed by atoms with Crippen molar-refractivity contribution in [2.45, 2.75) is 62.8 Å². The van der Waals surface area contributed by atoms with Gasteiger partial charge in [0.15, 0.2) is 11.5 Å². The lowest BCUT2D eigenvalue weighted by Gasteiger charge is -2.40. The number of amides is 1. The van der Waals surface area contributed by atoms with Crippen LogP contribution in [0.2, 0.25) is 0 Å². The van der Waals surface area contributed by atoms with Crippen LogP contribution in [0, 0.1) is 5.92 Å². The van der Waals surface area contributed by atoms with Gasteiger partial charge in [0.1, 0.15) is 5.76 Å². The standard InChI is InChI=1S/C19H26N2O4.C7H12O2/c1-20-18(22)25-14-7-8-19(9-10-21(2)17(19)12-14)13-5-6-15(23-3)16(11-13)24-4;8-7(9)6-4-2-1-3-5-6/h5-7,11,17H,8-10,12H2,1-4H3,(H,20,22);6H,1-5H2,(H,8,9)/t17?,19-;/m0./s1. The molecule has 34 heavy (non-hydrogen) atoms. The molecular formula is C26H38N2O6. The van der Waals surface area contributed by atoms with Crippen LogP contribution >= 0.6 is 0 Å². The first-order valence-electron chi connectivity index (χ1n) is 12.1. The van der Waals surface area contributed by atoms with Gasteiger partial charge in [0, 0.05) is 24.9 Å². The maximum atomic E-state index is 11.5. The summed E-state index contributed by atoms with van der Waals surface area (Å²) in [4.78, 5) is 24.3. The first-order chi connectivity index (χ1) is 16.3. The fourth-order valence-electron chi connectivity index (χ4n) is 5.48. The minimum Gasteiger partial charge on any atom is -0.493 e. The van der Waals surface area contributed by atoms with E-state index in [4.69, 9.17) is 19.3 Å². The first-order valence-corrected chi connectivity index (χ1v) is 12.1. The zero-order chi connectivity index (χ0) is 24.7. The highest BCUT2D eigenvalue weighted by Gasteiger charge is 2.49. The summed E-state index contributed by atoms with van der Waals surface area (Å²) in [6.45, 7) is 1.01. The van der Waals surface area contributed by atoms with E-state index in [1.54, 1.807) is 21.3 Å². The number of ether oxygens (including phenoxy) is 3. The molecule has 1 aromatic carbocycles. The number of allylic oxidation sites excluding steroid dienone is 1. The highest BCUT2D eigenvalue weighted by Crippen LogP contribution is 2.49. The molecule has 1 unspecified atom stereocenters. The molecule has 0 radical (unpaired) electrons. The van der Waals surface area contributed by atoms with E-state index in [0.29, 0.717) is 0 Å². The summed E-state index contributed by atoms with van der Waals surface area (Å²) in [7, 11) is 7.01. The number of alkyl carbamates (subject to hydrolysis) is 1. The molecule has 0 spiro atoms. The lowest BCUT2D eigenvalue weighted by Crippen LogP contribution is -2.43. The molecule has 3 aliphatic rings. The summed E-state index contributed by atoms with van der Waals surface area (Å²) in [5.74, 6) is 1.60. The van der Waals surface area contributed by atoms with E-state index in [9.17, 15) is 9.59 Å². The Balaban J connectivity index is 0.000000302. The number of hydrogen-bond acceptors (Lipinski definition) is 6. The maximum absolute atomic E-state index is 11.5. The molecule has 1 aromatic rings. The Morgan fingerprint density at radius 2 is 1.82 bits per heavy atom. The zero-order valence-corrected chi connectivity index (χ0v) is 20.8. The van der Waals surface area contributed by atoms with Crippen LogP contribution in [-0.2, 0) is 14.9 Å². The van der Waals surface area contributed by atoms with E-state index >= 15 is 0 Å². The Morgan fingerprint density at radius 3 is 2.41 bits per heavy atom. The van der Waals surface area contributed by atoms with Gasteiger partial charge in [-0.25, -0.2) is 4.79 Å². The van der Waals surface area contributed by atoms with Crippen molar-refractivity contribution in [1.82, 2.24) is 10.2 Å². The number of rotatable bonds is 5. The maximum Gasteiger partial charge on any atom is 0.412 e. The molecule has 8 nitrogen and oxygen atoms in total. The van der Waals surface area contributed by atoms with Gasteiger partial charge in [-0.1, -0.05) is 25.3 Å². The van der Waals surface area contributed by atoms with Crippen LogP contribution in [-0.4, -0.2) is 63.0 Å². The van der Waals surface area contributed by atoms with E-state index in [-0.39, 0.29) is 17.4 Å². The molecule has 8 heteroatoms. The van der Waals surface area contributed by atoms with Crippen LogP contribution in [0.25, 0.3) is 0 Å². The molecule has 2 aliphatic carbocycles. The van der Waals surface area contributed by atoms with Crippen molar-refractivity contribution in [3.63, 3.8) is 0 Å². The van der Waals surface area contributed by atoms with Gasteiger partial charge < -0.3 is 29.5 Å². The molecule has 1 aliphatic heterocycles. The van der Waals surface area contributed by atoms with Gasteiger partial charge in [-0.05, 0) is 63.0 Å². The van der Waals surface area contributed by atoms with Crippen molar-refractivity contribution in [2.75, 3.05) is 34.9 Å². The fourth-order valence-corrected chi connectivity index (χ4v) is 5.48. The van der Waals surface area contributed by atoms with Gasteiger partial charge >= 0.3 is 12.1 Å². The van der Waals surface area contributed by atoms with Crippen LogP contribution in [0.5, 0.6) is 11.5 Å². The Hall–Kier alpha value is -2.74. The summed E-state index contributed by atoms with van der Waals surface area (Å²) in [6.07, 6.45) is 9.50. The number of carbonyl (C=O) groups excluding carboxylic acids is 1. The minimum atomic E-state index is -0.602. The van der Waals surface area contributed by atoms with Crippen molar-refractivity contribution in [1.29, 1.82) is 0 Å². The second-order valence-electron chi connectivity index (χ2n) is 9.36. The van der Waals surface area contributed by atoms with Crippen LogP contribution in [0.4, 0.5) is 4.79 Å². The summed E-state index contributed by atoms with van der Waals surface area (Å²) >= 11 is 0. The first kappa shape index (κ1) is 25.9. The Morgan fingerprint density at radius 1 is 1.12 bits per heavy atom. The normalized spacial score (nSPS) is 24.7. The number of methoxy groups -OCH3 is 2. The quantitative estimate of drug-likeness (QED) is 0.655. The SMILES string of the molecule is CNC(=O)OC1=CC[C@@]2(c3ccc(OC)c(OC)c3)CCN(C)C2C1.O=C(O)C1CCCCC1. The summed E-state index contributed by atoms with van der Waals surface area (Å²) in [5.41, 5.74) is 1.25. The van der Waals surface area contributed by atoms with Crippen LogP contribution < -0.4 is 14.8 Å². The van der Waals surface area contributed by atoms with Gasteiger partial charge in [0.25, 0.3) is 0 Å². The topological polar surface area (TPSA) is 97.3 Å². The Labute approximate surface area is 202 Å². The summed E-state index contributed by atoms with van der Waals surface area (Å²) < 4.78 is 16.3. The van der Waals surface area contributed by atoms with Crippen molar-refractivity contribution in [3.8, 4) is 11.5 Å². The monoisotopic (exact) mass is 474 g/mol. The number of carboxylic acid groups (broad SMARTS) is 1. The predicted octanol–water partition coefficient (Wildman–Crippen LogP) is 4.33. The van der Waals surface area contributed by atoms with Crippen LogP contribution in [0.1, 0.15) is 56.9 Å². The van der Waals surface area contributed by atoms with E-state index in [1.165, 1.54) is 12.0 Å². The third-order valence-electron chi connectivity index (χ3n) is 7.51. The van der Waals surface area contributed by atoms with Gasteiger partial charge in [-0.2, -0.15) is 0 Å². The number of carbonyl (C=O) groups is 2. The van der Waals surface area contributed by atoms with E-state index in [1.807, 2.05) is 6.07 Å². The fraction of sp³-hybridized carbons (Fsp3) is 0.615. The lowest BCUT2D eigenvalue weighted by molar-refractivity contribution is -0.142. The lowest BCUT2D eigenvalue weighted by atomic mass is 9.68. The van der Waals surface area contributed by atoms with Crippen LogP contribution in [0.3, 0.4) is 0 Å². The molecule has 2 atom stereocenters. The smallest absolute Gasteiger partial charge is 0.412 e.